The van der Waals surface area contributed by atoms with Gasteiger partial charge in [-0.15, -0.1) is 0 Å². The quantitative estimate of drug-likeness (QED) is 0.453. The van der Waals surface area contributed by atoms with Gasteiger partial charge < -0.3 is 9.88 Å². The van der Waals surface area contributed by atoms with Crippen LogP contribution in [0, 0.1) is 5.82 Å². The van der Waals surface area contributed by atoms with Gasteiger partial charge in [0.15, 0.2) is 0 Å². The molecule has 0 bridgehead atoms. The van der Waals surface area contributed by atoms with Crippen molar-refractivity contribution in [3.63, 3.8) is 0 Å². The lowest BCUT2D eigenvalue weighted by Crippen LogP contribution is -2.25. The van der Waals surface area contributed by atoms with E-state index in [0.29, 0.717) is 23.2 Å². The summed E-state index contributed by atoms with van der Waals surface area (Å²) >= 11 is 0. The van der Waals surface area contributed by atoms with Crippen molar-refractivity contribution in [2.24, 2.45) is 0 Å². The van der Waals surface area contributed by atoms with Crippen molar-refractivity contribution in [1.29, 1.82) is 0 Å². The fourth-order valence-electron chi connectivity index (χ4n) is 3.57. The molecule has 0 unspecified atom stereocenters. The Morgan fingerprint density at radius 2 is 1.79 bits per heavy atom. The molecule has 2 aromatic carbocycles. The Labute approximate surface area is 191 Å². The van der Waals surface area contributed by atoms with Gasteiger partial charge in [0.05, 0.1) is 4.90 Å². The van der Waals surface area contributed by atoms with E-state index >= 15 is 0 Å². The molecular weight excluding hydrogens is 443 g/mol. The summed E-state index contributed by atoms with van der Waals surface area (Å²) in [5, 5.41) is 3.46. The number of fused-ring (bicyclic) bond motifs is 1. The third kappa shape index (κ3) is 4.79. The second-order valence-corrected chi connectivity index (χ2v) is 9.94. The molecule has 0 saturated heterocycles. The van der Waals surface area contributed by atoms with Crippen LogP contribution in [0.15, 0.2) is 78.0 Å². The Morgan fingerprint density at radius 1 is 1.03 bits per heavy atom. The largest absolute Gasteiger partial charge is 0.347 e. The minimum absolute atomic E-state index is 0.146. The Hall–Kier alpha value is -3.56. The van der Waals surface area contributed by atoms with Crippen LogP contribution in [0.4, 0.5) is 4.39 Å². The van der Waals surface area contributed by atoms with Gasteiger partial charge in [0, 0.05) is 50.5 Å². The van der Waals surface area contributed by atoms with E-state index in [-0.39, 0.29) is 23.2 Å². The van der Waals surface area contributed by atoms with Crippen molar-refractivity contribution in [2.45, 2.75) is 18.0 Å². The summed E-state index contributed by atoms with van der Waals surface area (Å²) in [6.45, 7) is 0.558. The maximum Gasteiger partial charge on any atom is 0.268 e. The van der Waals surface area contributed by atoms with Crippen molar-refractivity contribution in [2.75, 3.05) is 14.1 Å². The van der Waals surface area contributed by atoms with Crippen LogP contribution in [0.2, 0.25) is 0 Å². The van der Waals surface area contributed by atoms with E-state index in [1.165, 1.54) is 32.3 Å². The van der Waals surface area contributed by atoms with Crippen LogP contribution in [0.5, 0.6) is 0 Å². The molecule has 0 aliphatic rings. The fraction of sp³-hybridized carbons (Fsp3) is 0.167. The standard InChI is InChI=1S/C24H23FN4O3S/c1-28(2)33(31,32)21-6-7-22-19(13-21)14-23(29(22)16-17-8-10-26-11-9-17)24(30)27-15-18-4-3-5-20(25)12-18/h3-14H,15-16H2,1-2H3,(H,27,30). The molecule has 0 aliphatic carbocycles. The summed E-state index contributed by atoms with van der Waals surface area (Å²) in [7, 11) is -0.678. The van der Waals surface area contributed by atoms with Gasteiger partial charge in [-0.1, -0.05) is 12.1 Å². The number of benzene rings is 2. The number of hydrogen-bond donors (Lipinski definition) is 1. The zero-order valence-electron chi connectivity index (χ0n) is 18.2. The molecule has 0 radical (unpaired) electrons. The van der Waals surface area contributed by atoms with Crippen LogP contribution < -0.4 is 5.32 Å². The van der Waals surface area contributed by atoms with Crippen molar-refractivity contribution in [1.82, 2.24) is 19.2 Å². The van der Waals surface area contributed by atoms with Crippen LogP contribution in [0.3, 0.4) is 0 Å². The van der Waals surface area contributed by atoms with E-state index in [4.69, 9.17) is 0 Å². The number of sulfonamides is 1. The molecule has 170 valence electrons. The lowest BCUT2D eigenvalue weighted by Gasteiger charge is -2.13. The monoisotopic (exact) mass is 466 g/mol. The van der Waals surface area contributed by atoms with Gasteiger partial charge in [0.2, 0.25) is 10.0 Å². The second-order valence-electron chi connectivity index (χ2n) is 7.79. The summed E-state index contributed by atoms with van der Waals surface area (Å²) in [6, 6.07) is 16.2. The number of nitrogens with zero attached hydrogens (tertiary/aromatic N) is 3. The second kappa shape index (κ2) is 9.13. The van der Waals surface area contributed by atoms with E-state index < -0.39 is 10.0 Å². The summed E-state index contributed by atoms with van der Waals surface area (Å²) in [6.07, 6.45) is 3.35. The molecule has 2 aromatic heterocycles. The minimum atomic E-state index is -3.62. The van der Waals surface area contributed by atoms with Gasteiger partial charge in [-0.2, -0.15) is 0 Å². The number of nitrogens with one attached hydrogen (secondary N) is 1. The summed E-state index contributed by atoms with van der Waals surface area (Å²) < 4.78 is 41.6. The minimum Gasteiger partial charge on any atom is -0.347 e. The molecule has 0 aliphatic heterocycles. The van der Waals surface area contributed by atoms with Crippen molar-refractivity contribution in [3.8, 4) is 0 Å². The van der Waals surface area contributed by atoms with E-state index in [1.807, 2.05) is 16.7 Å². The number of hydrogen-bond acceptors (Lipinski definition) is 4. The van der Waals surface area contributed by atoms with Crippen LogP contribution in [0.25, 0.3) is 10.9 Å². The highest BCUT2D eigenvalue weighted by Crippen LogP contribution is 2.26. The number of rotatable bonds is 7. The number of pyridine rings is 1. The first kappa shape index (κ1) is 22.6. The summed E-state index contributed by atoms with van der Waals surface area (Å²) in [5.41, 5.74) is 2.67. The van der Waals surface area contributed by atoms with Gasteiger partial charge in [-0.3, -0.25) is 9.78 Å². The smallest absolute Gasteiger partial charge is 0.268 e. The molecule has 7 nitrogen and oxygen atoms in total. The SMILES string of the molecule is CN(C)S(=O)(=O)c1ccc2c(c1)cc(C(=O)NCc1cccc(F)c1)n2Cc1ccncc1. The molecule has 2 heterocycles. The Kier molecular flexibility index (Phi) is 6.26. The summed E-state index contributed by atoms with van der Waals surface area (Å²) in [5.74, 6) is -0.718. The predicted molar refractivity (Wildman–Crippen MR) is 124 cm³/mol. The van der Waals surface area contributed by atoms with Gasteiger partial charge in [-0.25, -0.2) is 17.1 Å². The number of amides is 1. The lowest BCUT2D eigenvalue weighted by molar-refractivity contribution is 0.0942. The van der Waals surface area contributed by atoms with E-state index in [9.17, 15) is 17.6 Å². The van der Waals surface area contributed by atoms with Gasteiger partial charge in [0.25, 0.3) is 5.91 Å². The van der Waals surface area contributed by atoms with Crippen LogP contribution >= 0.6 is 0 Å². The normalized spacial score (nSPS) is 11.8. The highest BCUT2D eigenvalue weighted by atomic mass is 32.2. The number of aromatic nitrogens is 2. The zero-order valence-corrected chi connectivity index (χ0v) is 19.0. The molecule has 0 fully saturated rings. The van der Waals surface area contributed by atoms with Crippen molar-refractivity contribution >= 4 is 26.8 Å². The van der Waals surface area contributed by atoms with Crippen molar-refractivity contribution in [3.05, 3.63) is 95.7 Å². The van der Waals surface area contributed by atoms with Gasteiger partial charge in [-0.05, 0) is 59.7 Å². The Bertz CT molecular complexity index is 1420. The van der Waals surface area contributed by atoms with E-state index in [0.717, 1.165) is 15.4 Å². The lowest BCUT2D eigenvalue weighted by atomic mass is 10.2. The molecule has 1 amide bonds. The molecule has 4 rings (SSSR count). The topological polar surface area (TPSA) is 84.3 Å². The van der Waals surface area contributed by atoms with Crippen LogP contribution in [0.1, 0.15) is 21.6 Å². The highest BCUT2D eigenvalue weighted by molar-refractivity contribution is 7.89. The molecule has 0 atom stereocenters. The number of carbonyl (C=O) groups excluding carboxylic acids is 1. The maximum atomic E-state index is 13.5. The first-order valence-corrected chi connectivity index (χ1v) is 11.7. The molecule has 1 N–H and O–H groups in total. The first-order valence-electron chi connectivity index (χ1n) is 10.2. The van der Waals surface area contributed by atoms with Crippen molar-refractivity contribution < 1.29 is 17.6 Å². The predicted octanol–water partition coefficient (Wildman–Crippen LogP) is 3.40. The molecule has 0 saturated carbocycles. The van der Waals surface area contributed by atoms with Gasteiger partial charge >= 0.3 is 0 Å². The summed E-state index contributed by atoms with van der Waals surface area (Å²) in [4.78, 5) is 17.3. The number of halogens is 1. The fourth-order valence-corrected chi connectivity index (χ4v) is 4.51. The van der Waals surface area contributed by atoms with E-state index in [2.05, 4.69) is 10.3 Å². The average Bonchev–Trinajstić information content (AvgIpc) is 3.16. The molecule has 4 aromatic rings. The Morgan fingerprint density at radius 3 is 2.48 bits per heavy atom. The van der Waals surface area contributed by atoms with E-state index in [1.54, 1.807) is 42.7 Å². The molecule has 33 heavy (non-hydrogen) atoms. The van der Waals surface area contributed by atoms with Gasteiger partial charge in [0.1, 0.15) is 11.5 Å². The molecule has 9 heteroatoms. The zero-order chi connectivity index (χ0) is 23.6. The van der Waals surface area contributed by atoms with Crippen LogP contribution in [-0.2, 0) is 23.1 Å². The Balaban J connectivity index is 1.74. The number of carbonyl (C=O) groups is 1. The highest BCUT2D eigenvalue weighted by Gasteiger charge is 2.21. The third-order valence-electron chi connectivity index (χ3n) is 5.32. The van der Waals surface area contributed by atoms with Crippen LogP contribution in [-0.4, -0.2) is 42.3 Å². The molecule has 0 spiro atoms. The molecular formula is C24H23FN4O3S. The average molecular weight is 467 g/mol. The maximum absolute atomic E-state index is 13.5. The third-order valence-corrected chi connectivity index (χ3v) is 7.13. The first-order chi connectivity index (χ1) is 15.8.